The van der Waals surface area contributed by atoms with E-state index in [1.807, 2.05) is 4.90 Å². The van der Waals surface area contributed by atoms with Crippen molar-refractivity contribution in [3.8, 4) is 0 Å². The number of aliphatic imine (C=N–C) groups is 1. The van der Waals surface area contributed by atoms with Gasteiger partial charge in [-0.05, 0) is 31.4 Å². The maximum Gasteiger partial charge on any atom is 0.223 e. The molecule has 9 heteroatoms. The number of nitrogens with one attached hydrogen (secondary N) is 3. The number of carbonyl (C=O) groups is 1. The number of halogens is 3. The normalized spacial score (nSPS) is 19.4. The number of carbonyl (C=O) groups excluding carboxylic acids is 1. The fraction of sp³-hybridized carbons (Fsp3) is 0.556. The summed E-state index contributed by atoms with van der Waals surface area (Å²) >= 11 is 0. The van der Waals surface area contributed by atoms with Crippen LogP contribution in [-0.4, -0.2) is 51.1 Å². The van der Waals surface area contributed by atoms with E-state index in [1.54, 1.807) is 7.05 Å². The van der Waals surface area contributed by atoms with Crippen LogP contribution in [0.3, 0.4) is 0 Å². The molecule has 1 unspecified atom stereocenters. The summed E-state index contributed by atoms with van der Waals surface area (Å²) < 4.78 is 27.0. The van der Waals surface area contributed by atoms with Crippen LogP contribution in [0.2, 0.25) is 0 Å². The predicted molar refractivity (Wildman–Crippen MR) is 113 cm³/mol. The van der Waals surface area contributed by atoms with Crippen molar-refractivity contribution in [2.45, 2.75) is 25.3 Å². The van der Waals surface area contributed by atoms with Crippen LogP contribution in [0, 0.1) is 17.6 Å². The second-order valence-electron chi connectivity index (χ2n) is 6.74. The molecule has 1 heterocycles. The minimum absolute atomic E-state index is 0. The van der Waals surface area contributed by atoms with Crippen LogP contribution in [0.5, 0.6) is 0 Å². The van der Waals surface area contributed by atoms with Gasteiger partial charge in [-0.15, -0.1) is 24.0 Å². The third-order valence-corrected chi connectivity index (χ3v) is 4.67. The molecule has 150 valence electrons. The summed E-state index contributed by atoms with van der Waals surface area (Å²) in [6.45, 7) is 2.44. The average molecular weight is 493 g/mol. The summed E-state index contributed by atoms with van der Waals surface area (Å²) in [5.41, 5.74) is 0.418. The lowest BCUT2D eigenvalue weighted by Gasteiger charge is -2.21. The topological polar surface area (TPSA) is 68.8 Å². The van der Waals surface area contributed by atoms with Crippen LogP contribution in [-0.2, 0) is 4.79 Å². The molecule has 0 bridgehead atoms. The Bertz CT molecular complexity index is 684. The van der Waals surface area contributed by atoms with E-state index in [9.17, 15) is 13.6 Å². The lowest BCUT2D eigenvalue weighted by Crippen LogP contribution is -2.46. The SMILES string of the molecule is CN=C(NCCNC(=O)C1CC1)NC1CCN(c2ccc(F)cc2F)C1.I. The molecule has 0 aromatic heterocycles. The van der Waals surface area contributed by atoms with E-state index in [0.29, 0.717) is 37.8 Å². The molecule has 2 fully saturated rings. The van der Waals surface area contributed by atoms with E-state index >= 15 is 0 Å². The summed E-state index contributed by atoms with van der Waals surface area (Å²) in [5.74, 6) is -0.124. The Balaban J connectivity index is 0.00000261. The number of amides is 1. The Morgan fingerprint density at radius 2 is 1.96 bits per heavy atom. The first-order valence-electron chi connectivity index (χ1n) is 9.01. The quantitative estimate of drug-likeness (QED) is 0.245. The van der Waals surface area contributed by atoms with Gasteiger partial charge >= 0.3 is 0 Å². The molecular weight excluding hydrogens is 467 g/mol. The number of guanidine groups is 1. The monoisotopic (exact) mass is 493 g/mol. The van der Waals surface area contributed by atoms with Gasteiger partial charge in [-0.3, -0.25) is 9.79 Å². The van der Waals surface area contributed by atoms with Crippen molar-refractivity contribution in [2.24, 2.45) is 10.9 Å². The van der Waals surface area contributed by atoms with Crippen molar-refractivity contribution in [1.29, 1.82) is 0 Å². The molecule has 1 atom stereocenters. The zero-order valence-electron chi connectivity index (χ0n) is 15.3. The largest absolute Gasteiger partial charge is 0.367 e. The smallest absolute Gasteiger partial charge is 0.223 e. The molecule has 1 amide bonds. The van der Waals surface area contributed by atoms with Crippen molar-refractivity contribution < 1.29 is 13.6 Å². The van der Waals surface area contributed by atoms with Crippen LogP contribution in [0.4, 0.5) is 14.5 Å². The number of benzene rings is 1. The highest BCUT2D eigenvalue weighted by molar-refractivity contribution is 14.0. The third kappa shape index (κ3) is 6.18. The molecule has 3 rings (SSSR count). The highest BCUT2D eigenvalue weighted by atomic mass is 127. The Labute approximate surface area is 175 Å². The molecule has 0 spiro atoms. The molecule has 1 aromatic rings. The fourth-order valence-corrected chi connectivity index (χ4v) is 3.08. The molecule has 6 nitrogen and oxygen atoms in total. The summed E-state index contributed by atoms with van der Waals surface area (Å²) in [4.78, 5) is 17.7. The Hall–Kier alpha value is -1.65. The molecule has 1 saturated carbocycles. The van der Waals surface area contributed by atoms with Gasteiger partial charge < -0.3 is 20.9 Å². The molecule has 1 aliphatic carbocycles. The van der Waals surface area contributed by atoms with Crippen LogP contribution >= 0.6 is 24.0 Å². The third-order valence-electron chi connectivity index (χ3n) is 4.67. The van der Waals surface area contributed by atoms with Gasteiger partial charge in [0.2, 0.25) is 5.91 Å². The van der Waals surface area contributed by atoms with Gasteiger partial charge in [0.15, 0.2) is 5.96 Å². The second-order valence-corrected chi connectivity index (χ2v) is 6.74. The number of nitrogens with zero attached hydrogens (tertiary/aromatic N) is 2. The number of hydrogen-bond acceptors (Lipinski definition) is 3. The number of rotatable bonds is 6. The van der Waals surface area contributed by atoms with E-state index in [4.69, 9.17) is 0 Å². The molecule has 1 aliphatic heterocycles. The van der Waals surface area contributed by atoms with Gasteiger partial charge in [0.1, 0.15) is 11.6 Å². The van der Waals surface area contributed by atoms with E-state index in [0.717, 1.165) is 25.3 Å². The first-order valence-corrected chi connectivity index (χ1v) is 9.01. The Morgan fingerprint density at radius 3 is 2.63 bits per heavy atom. The standard InChI is InChI=1S/C18H25F2N5O.HI/c1-21-18(23-8-7-22-17(26)12-2-3-12)24-14-6-9-25(11-14)16-5-4-13(19)10-15(16)20;/h4-5,10,12,14H,2-3,6-9,11H2,1H3,(H,22,26)(H2,21,23,24);1H. The predicted octanol–water partition coefficient (Wildman–Crippen LogP) is 1.85. The minimum atomic E-state index is -0.571. The maximum atomic E-state index is 13.9. The zero-order chi connectivity index (χ0) is 18.5. The summed E-state index contributed by atoms with van der Waals surface area (Å²) in [7, 11) is 1.68. The van der Waals surface area contributed by atoms with Crippen molar-refractivity contribution in [3.63, 3.8) is 0 Å². The van der Waals surface area contributed by atoms with Crippen molar-refractivity contribution >= 4 is 41.5 Å². The van der Waals surface area contributed by atoms with Gasteiger partial charge in [0, 0.05) is 51.3 Å². The van der Waals surface area contributed by atoms with Crippen LogP contribution in [0.1, 0.15) is 19.3 Å². The van der Waals surface area contributed by atoms with Crippen LogP contribution in [0.15, 0.2) is 23.2 Å². The van der Waals surface area contributed by atoms with Crippen molar-refractivity contribution in [3.05, 3.63) is 29.8 Å². The molecule has 0 radical (unpaired) electrons. The lowest BCUT2D eigenvalue weighted by molar-refractivity contribution is -0.122. The molecule has 3 N–H and O–H groups in total. The zero-order valence-corrected chi connectivity index (χ0v) is 17.6. The summed E-state index contributed by atoms with van der Waals surface area (Å²) in [6, 6.07) is 3.77. The van der Waals surface area contributed by atoms with Gasteiger partial charge in [-0.1, -0.05) is 0 Å². The number of anilines is 1. The van der Waals surface area contributed by atoms with Crippen molar-refractivity contribution in [2.75, 3.05) is 38.1 Å². The van der Waals surface area contributed by atoms with Crippen LogP contribution in [0.25, 0.3) is 0 Å². The van der Waals surface area contributed by atoms with Gasteiger partial charge in [-0.2, -0.15) is 0 Å². The Kier molecular flexibility index (Phi) is 8.06. The first-order chi connectivity index (χ1) is 12.6. The fourth-order valence-electron chi connectivity index (χ4n) is 3.08. The molecule has 2 aliphatic rings. The average Bonchev–Trinajstić information content (AvgIpc) is 3.37. The van der Waals surface area contributed by atoms with Gasteiger partial charge in [0.25, 0.3) is 0 Å². The second kappa shape index (κ2) is 10.0. The molecular formula is C18H26F2IN5O. The highest BCUT2D eigenvalue weighted by Crippen LogP contribution is 2.28. The summed E-state index contributed by atoms with van der Waals surface area (Å²) in [5, 5.41) is 9.37. The molecule has 1 saturated heterocycles. The van der Waals surface area contributed by atoms with Gasteiger partial charge in [0.05, 0.1) is 5.69 Å². The van der Waals surface area contributed by atoms with E-state index in [1.165, 1.54) is 12.1 Å². The minimum Gasteiger partial charge on any atom is -0.367 e. The van der Waals surface area contributed by atoms with E-state index < -0.39 is 11.6 Å². The Morgan fingerprint density at radius 1 is 1.22 bits per heavy atom. The number of hydrogen-bond donors (Lipinski definition) is 3. The maximum absolute atomic E-state index is 13.9. The van der Waals surface area contributed by atoms with Crippen molar-refractivity contribution in [1.82, 2.24) is 16.0 Å². The summed E-state index contributed by atoms with van der Waals surface area (Å²) in [6.07, 6.45) is 2.82. The molecule has 1 aromatic carbocycles. The first kappa shape index (κ1) is 21.6. The highest BCUT2D eigenvalue weighted by Gasteiger charge is 2.29. The van der Waals surface area contributed by atoms with E-state index in [-0.39, 0.29) is 41.8 Å². The van der Waals surface area contributed by atoms with Gasteiger partial charge in [-0.25, -0.2) is 8.78 Å². The van der Waals surface area contributed by atoms with E-state index in [2.05, 4.69) is 20.9 Å². The van der Waals surface area contributed by atoms with Crippen LogP contribution < -0.4 is 20.9 Å². The lowest BCUT2D eigenvalue weighted by atomic mass is 10.2. The molecule has 27 heavy (non-hydrogen) atoms.